The molecule has 10 heteroatoms. The molecule has 34 heavy (non-hydrogen) atoms. The minimum atomic E-state index is -0.658. The lowest BCUT2D eigenvalue weighted by molar-refractivity contribution is 0.0829. The summed E-state index contributed by atoms with van der Waals surface area (Å²) in [5.41, 5.74) is 9.32. The number of hydrazine groups is 1. The molecule has 4 N–H and O–H groups in total. The summed E-state index contributed by atoms with van der Waals surface area (Å²) >= 11 is 0. The molecule has 2 aromatic carbocycles. The largest absolute Gasteiger partial charge is 0.508 e. The van der Waals surface area contributed by atoms with Gasteiger partial charge in [0.25, 0.3) is 11.8 Å². The fourth-order valence-electron chi connectivity index (χ4n) is 3.64. The number of carbonyl (C=O) groups is 3. The highest BCUT2D eigenvalue weighted by Gasteiger charge is 2.28. The number of furan rings is 1. The molecule has 1 heterocycles. The fourth-order valence-corrected chi connectivity index (χ4v) is 3.64. The molecule has 0 radical (unpaired) electrons. The lowest BCUT2D eigenvalue weighted by Gasteiger charge is -2.13. The van der Waals surface area contributed by atoms with Crippen LogP contribution in [0.25, 0.3) is 0 Å². The summed E-state index contributed by atoms with van der Waals surface area (Å²) < 4.78 is 18.8. The van der Waals surface area contributed by atoms with Crippen LogP contribution in [0.3, 0.4) is 0 Å². The fraction of sp³-hybridized carbons (Fsp3) is 0.167. The summed E-state index contributed by atoms with van der Waals surface area (Å²) in [7, 11) is 0. The molecule has 1 aliphatic rings. The molecule has 0 bridgehead atoms. The summed E-state index contributed by atoms with van der Waals surface area (Å²) in [5.74, 6) is -1.55. The lowest BCUT2D eigenvalue weighted by atomic mass is 9.93. The highest BCUT2D eigenvalue weighted by Crippen LogP contribution is 2.29. The number of hydrogen-bond donors (Lipinski definition) is 4. The Labute approximate surface area is 193 Å². The van der Waals surface area contributed by atoms with Gasteiger partial charge in [-0.25, -0.2) is 9.82 Å². The van der Waals surface area contributed by atoms with Crippen molar-refractivity contribution in [2.45, 2.75) is 26.2 Å². The predicted molar refractivity (Wildman–Crippen MR) is 120 cm³/mol. The van der Waals surface area contributed by atoms with E-state index in [9.17, 15) is 23.9 Å². The van der Waals surface area contributed by atoms with E-state index in [0.717, 1.165) is 18.6 Å². The van der Waals surface area contributed by atoms with E-state index in [2.05, 4.69) is 21.4 Å². The number of aryl methyl sites for hydroxylation is 1. The third-order valence-electron chi connectivity index (χ3n) is 5.35. The van der Waals surface area contributed by atoms with Crippen molar-refractivity contribution in [1.82, 2.24) is 16.3 Å². The number of rotatable bonds is 4. The van der Waals surface area contributed by atoms with Crippen LogP contribution in [-0.2, 0) is 6.42 Å². The van der Waals surface area contributed by atoms with Gasteiger partial charge in [0.2, 0.25) is 0 Å². The number of benzene rings is 2. The molecule has 0 aliphatic heterocycles. The monoisotopic (exact) mass is 464 g/mol. The van der Waals surface area contributed by atoms with Gasteiger partial charge >= 0.3 is 5.91 Å². The second-order valence-corrected chi connectivity index (χ2v) is 7.67. The number of phenolic OH excluding ortho intramolecular Hbond substituents is 1. The molecule has 0 saturated carbocycles. The number of halogens is 1. The van der Waals surface area contributed by atoms with Gasteiger partial charge in [0.1, 0.15) is 17.3 Å². The molecule has 174 valence electrons. The first-order valence-corrected chi connectivity index (χ1v) is 10.5. The Bertz CT molecular complexity index is 1280. The van der Waals surface area contributed by atoms with Crippen LogP contribution in [0.5, 0.6) is 5.75 Å². The van der Waals surface area contributed by atoms with E-state index in [1.165, 1.54) is 36.4 Å². The third kappa shape index (κ3) is 4.80. The van der Waals surface area contributed by atoms with Crippen molar-refractivity contribution in [3.05, 3.63) is 88.1 Å². The number of hydrogen-bond acceptors (Lipinski definition) is 6. The van der Waals surface area contributed by atoms with Crippen molar-refractivity contribution in [2.75, 3.05) is 0 Å². The number of hydrazone groups is 1. The first-order chi connectivity index (χ1) is 16.3. The zero-order chi connectivity index (χ0) is 24.2. The van der Waals surface area contributed by atoms with Gasteiger partial charge in [-0.3, -0.25) is 25.2 Å². The van der Waals surface area contributed by atoms with Crippen molar-refractivity contribution in [3.63, 3.8) is 0 Å². The van der Waals surface area contributed by atoms with Crippen molar-refractivity contribution < 1.29 is 28.3 Å². The van der Waals surface area contributed by atoms with E-state index in [1.54, 1.807) is 6.92 Å². The van der Waals surface area contributed by atoms with Gasteiger partial charge in [-0.1, -0.05) is 0 Å². The quantitative estimate of drug-likeness (QED) is 0.441. The normalized spacial score (nSPS) is 13.8. The minimum absolute atomic E-state index is 0.0175. The van der Waals surface area contributed by atoms with Crippen molar-refractivity contribution in [1.29, 1.82) is 0 Å². The molecule has 0 spiro atoms. The highest BCUT2D eigenvalue weighted by atomic mass is 19.1. The standard InChI is InChI=1S/C24H21FN4O5/c1-13-20-18(26-27-22(31)15-7-11-17(30)12-8-15)3-2-4-19(20)34-21(13)24(33)29-28-23(32)14-5-9-16(25)10-6-14/h5-12,30H,2-4H2,1H3,(H,27,31)(H,28,32)(H,29,33)/b26-18+. The first kappa shape index (κ1) is 22.7. The molecule has 0 fully saturated rings. The number of aromatic hydroxyl groups is 1. The summed E-state index contributed by atoms with van der Waals surface area (Å²) in [6, 6.07) is 10.6. The molecule has 0 saturated heterocycles. The topological polar surface area (TPSA) is 133 Å². The number of amides is 3. The molecule has 0 atom stereocenters. The molecule has 4 rings (SSSR count). The molecule has 1 aromatic heterocycles. The number of carbonyl (C=O) groups excluding carboxylic acids is 3. The number of nitrogens with one attached hydrogen (secondary N) is 3. The van der Waals surface area contributed by atoms with Crippen LogP contribution in [0.15, 0.2) is 58.0 Å². The Morgan fingerprint density at radius 1 is 0.912 bits per heavy atom. The molecule has 9 nitrogen and oxygen atoms in total. The van der Waals surface area contributed by atoms with Gasteiger partial charge in [-0.15, -0.1) is 0 Å². The molecule has 0 unspecified atom stereocenters. The van der Waals surface area contributed by atoms with Crippen LogP contribution < -0.4 is 16.3 Å². The summed E-state index contributed by atoms with van der Waals surface area (Å²) in [6.07, 6.45) is 1.89. The average Bonchev–Trinajstić information content (AvgIpc) is 3.18. The van der Waals surface area contributed by atoms with Gasteiger partial charge in [-0.05, 0) is 68.3 Å². The molecular formula is C24H21FN4O5. The van der Waals surface area contributed by atoms with E-state index in [0.29, 0.717) is 41.0 Å². The number of nitrogens with zero attached hydrogens (tertiary/aromatic N) is 1. The molecule has 3 aromatic rings. The Morgan fingerprint density at radius 2 is 1.53 bits per heavy atom. The van der Waals surface area contributed by atoms with E-state index in [-0.39, 0.29) is 17.1 Å². The lowest BCUT2D eigenvalue weighted by Crippen LogP contribution is -2.41. The van der Waals surface area contributed by atoms with Crippen molar-refractivity contribution >= 4 is 23.4 Å². The summed E-state index contributed by atoms with van der Waals surface area (Å²) in [6.45, 7) is 1.70. The van der Waals surface area contributed by atoms with Gasteiger partial charge in [-0.2, -0.15) is 5.10 Å². The number of fused-ring (bicyclic) bond motifs is 1. The predicted octanol–water partition coefficient (Wildman–Crippen LogP) is 2.98. The summed E-state index contributed by atoms with van der Waals surface area (Å²) in [4.78, 5) is 37.1. The van der Waals surface area contributed by atoms with Crippen LogP contribution in [0, 0.1) is 12.7 Å². The zero-order valence-electron chi connectivity index (χ0n) is 18.1. The first-order valence-electron chi connectivity index (χ1n) is 10.5. The van der Waals surface area contributed by atoms with Crippen LogP contribution in [-0.4, -0.2) is 28.5 Å². The van der Waals surface area contributed by atoms with Crippen LogP contribution >= 0.6 is 0 Å². The second kappa shape index (κ2) is 9.57. The average molecular weight is 464 g/mol. The van der Waals surface area contributed by atoms with Gasteiger partial charge in [0, 0.05) is 28.7 Å². The highest BCUT2D eigenvalue weighted by molar-refractivity contribution is 6.07. The van der Waals surface area contributed by atoms with Crippen LogP contribution in [0.2, 0.25) is 0 Å². The smallest absolute Gasteiger partial charge is 0.305 e. The Balaban J connectivity index is 1.47. The Hall–Kier alpha value is -4.47. The maximum absolute atomic E-state index is 13.0. The van der Waals surface area contributed by atoms with E-state index < -0.39 is 23.5 Å². The maximum atomic E-state index is 13.0. The van der Waals surface area contributed by atoms with E-state index >= 15 is 0 Å². The van der Waals surface area contributed by atoms with Crippen molar-refractivity contribution in [3.8, 4) is 5.75 Å². The molecule has 3 amide bonds. The second-order valence-electron chi connectivity index (χ2n) is 7.67. The minimum Gasteiger partial charge on any atom is -0.508 e. The van der Waals surface area contributed by atoms with Crippen LogP contribution in [0.1, 0.15) is 61.0 Å². The molecular weight excluding hydrogens is 443 g/mol. The van der Waals surface area contributed by atoms with Gasteiger partial charge in [0.15, 0.2) is 5.76 Å². The Kier molecular flexibility index (Phi) is 6.39. The van der Waals surface area contributed by atoms with Gasteiger partial charge in [0.05, 0.1) is 5.71 Å². The summed E-state index contributed by atoms with van der Waals surface area (Å²) in [5, 5.41) is 13.6. The number of phenols is 1. The van der Waals surface area contributed by atoms with E-state index in [1.807, 2.05) is 0 Å². The SMILES string of the molecule is Cc1c(C(=O)NNC(=O)c2ccc(F)cc2)oc2c1/C(=N/NC(=O)c1ccc(O)cc1)CCC2. The maximum Gasteiger partial charge on any atom is 0.305 e. The van der Waals surface area contributed by atoms with E-state index in [4.69, 9.17) is 4.42 Å². The Morgan fingerprint density at radius 3 is 2.24 bits per heavy atom. The third-order valence-corrected chi connectivity index (χ3v) is 5.35. The van der Waals surface area contributed by atoms with Crippen LogP contribution in [0.4, 0.5) is 4.39 Å². The molecule has 1 aliphatic carbocycles. The zero-order valence-corrected chi connectivity index (χ0v) is 18.1. The van der Waals surface area contributed by atoms with Crippen molar-refractivity contribution in [2.24, 2.45) is 5.10 Å². The van der Waals surface area contributed by atoms with Gasteiger partial charge < -0.3 is 9.52 Å².